The molecule has 8 nitrogen and oxygen atoms in total. The fraction of sp³-hybridized carbons (Fsp3) is 0.483. The van der Waals surface area contributed by atoms with Gasteiger partial charge in [-0.3, -0.25) is 14.4 Å². The molecule has 2 heterocycles. The number of hydrogen-bond acceptors (Lipinski definition) is 5. The molecule has 2 fully saturated rings. The summed E-state index contributed by atoms with van der Waals surface area (Å²) in [6.07, 6.45) is 6.62. The number of nitriles is 1. The third-order valence-corrected chi connectivity index (χ3v) is 8.87. The van der Waals surface area contributed by atoms with E-state index < -0.39 is 23.5 Å². The monoisotopic (exact) mass is 550 g/mol. The molecule has 2 unspecified atom stereocenters. The molecular formula is C29H28ClFN4O4. The molecule has 202 valence electrons. The van der Waals surface area contributed by atoms with Crippen molar-refractivity contribution in [3.8, 4) is 6.07 Å². The zero-order valence-electron chi connectivity index (χ0n) is 21.3. The maximum Gasteiger partial charge on any atom is 0.306 e. The third-order valence-electron chi connectivity index (χ3n) is 8.55. The van der Waals surface area contributed by atoms with Crippen LogP contribution in [-0.2, 0) is 22.4 Å². The lowest BCUT2D eigenvalue weighted by molar-refractivity contribution is -0.146. The Balaban J connectivity index is 1.37. The fourth-order valence-corrected chi connectivity index (χ4v) is 6.44. The second kappa shape index (κ2) is 9.60. The second-order valence-corrected chi connectivity index (χ2v) is 11.6. The van der Waals surface area contributed by atoms with Gasteiger partial charge in [-0.2, -0.15) is 15.0 Å². The average Bonchev–Trinajstić information content (AvgIpc) is 3.70. The maximum absolute atomic E-state index is 14.2. The average molecular weight is 551 g/mol. The number of carbonyl (C=O) groups is 3. The number of benzene rings is 1. The van der Waals surface area contributed by atoms with Crippen LogP contribution < -0.4 is 0 Å². The Morgan fingerprint density at radius 1 is 1.13 bits per heavy atom. The summed E-state index contributed by atoms with van der Waals surface area (Å²) in [6.45, 7) is -0.478. The van der Waals surface area contributed by atoms with E-state index in [9.17, 15) is 23.9 Å². The number of carbonyl (C=O) groups excluding carboxylic acids is 2. The van der Waals surface area contributed by atoms with Crippen LogP contribution in [0, 0.1) is 23.2 Å². The van der Waals surface area contributed by atoms with Crippen molar-refractivity contribution in [2.45, 2.75) is 63.0 Å². The zero-order valence-corrected chi connectivity index (χ0v) is 22.1. The van der Waals surface area contributed by atoms with Crippen LogP contribution in [0.3, 0.4) is 0 Å². The lowest BCUT2D eigenvalue weighted by Crippen LogP contribution is -2.61. The number of alkyl halides is 1. The number of allylic oxidation sites excluding steroid dienone is 2. The van der Waals surface area contributed by atoms with Crippen molar-refractivity contribution in [2.75, 3.05) is 13.1 Å². The maximum atomic E-state index is 14.2. The quantitative estimate of drug-likeness (QED) is 0.584. The fourth-order valence-electron chi connectivity index (χ4n) is 6.17. The Hall–Kier alpha value is -3.51. The van der Waals surface area contributed by atoms with Gasteiger partial charge >= 0.3 is 5.97 Å². The molecule has 1 amide bonds. The van der Waals surface area contributed by atoms with Crippen LogP contribution in [-0.4, -0.2) is 56.3 Å². The van der Waals surface area contributed by atoms with Crippen molar-refractivity contribution in [1.29, 1.82) is 5.26 Å². The molecule has 2 aromatic rings. The van der Waals surface area contributed by atoms with Crippen LogP contribution >= 0.6 is 11.6 Å². The minimum absolute atomic E-state index is 0.219. The first-order valence-electron chi connectivity index (χ1n) is 13.4. The molecule has 0 bridgehead atoms. The molecule has 39 heavy (non-hydrogen) atoms. The van der Waals surface area contributed by atoms with E-state index in [1.165, 1.54) is 9.58 Å². The van der Waals surface area contributed by atoms with E-state index in [2.05, 4.69) is 0 Å². The van der Waals surface area contributed by atoms with Gasteiger partial charge in [-0.05, 0) is 68.1 Å². The summed E-state index contributed by atoms with van der Waals surface area (Å²) >= 11 is 6.57. The van der Waals surface area contributed by atoms with E-state index in [1.807, 2.05) is 18.2 Å². The van der Waals surface area contributed by atoms with Gasteiger partial charge in [-0.1, -0.05) is 29.8 Å². The third kappa shape index (κ3) is 4.55. The number of aliphatic carboxylic acids is 1. The molecule has 1 N–H and O–H groups in total. The van der Waals surface area contributed by atoms with Crippen LogP contribution in [0.5, 0.6) is 0 Å². The molecule has 1 saturated heterocycles. The topological polar surface area (TPSA) is 116 Å². The van der Waals surface area contributed by atoms with Gasteiger partial charge in [0.1, 0.15) is 6.07 Å². The largest absolute Gasteiger partial charge is 0.481 e. The van der Waals surface area contributed by atoms with Crippen molar-refractivity contribution in [2.24, 2.45) is 11.8 Å². The molecule has 3 aliphatic carbocycles. The normalized spacial score (nSPS) is 23.7. The number of aromatic nitrogens is 2. The van der Waals surface area contributed by atoms with E-state index >= 15 is 0 Å². The van der Waals surface area contributed by atoms with E-state index in [-0.39, 0.29) is 37.2 Å². The van der Waals surface area contributed by atoms with E-state index in [0.29, 0.717) is 54.1 Å². The first-order valence-corrected chi connectivity index (χ1v) is 13.8. The number of carboxylic acids is 1. The van der Waals surface area contributed by atoms with Gasteiger partial charge in [0, 0.05) is 17.9 Å². The molecule has 2 atom stereocenters. The summed E-state index contributed by atoms with van der Waals surface area (Å²) in [5, 5.41) is 23.6. The number of hydrogen-bond donors (Lipinski definition) is 1. The highest BCUT2D eigenvalue weighted by Gasteiger charge is 2.48. The van der Waals surface area contributed by atoms with Crippen LogP contribution in [0.25, 0.3) is 5.57 Å². The van der Waals surface area contributed by atoms with Gasteiger partial charge in [0.2, 0.25) is 11.6 Å². The number of fused-ring (bicyclic) bond motifs is 1. The highest BCUT2D eigenvalue weighted by molar-refractivity contribution is 6.34. The molecule has 0 radical (unpaired) electrons. The summed E-state index contributed by atoms with van der Waals surface area (Å²) in [7, 11) is 0. The van der Waals surface area contributed by atoms with Gasteiger partial charge in [-0.25, -0.2) is 4.39 Å². The Morgan fingerprint density at radius 3 is 2.51 bits per heavy atom. The molecule has 0 spiro atoms. The van der Waals surface area contributed by atoms with Gasteiger partial charge in [0.15, 0.2) is 0 Å². The minimum Gasteiger partial charge on any atom is -0.481 e. The lowest BCUT2D eigenvalue weighted by Gasteiger charge is -2.42. The second-order valence-electron chi connectivity index (χ2n) is 11.2. The van der Waals surface area contributed by atoms with Gasteiger partial charge in [0.05, 0.1) is 41.0 Å². The first kappa shape index (κ1) is 25.8. The highest BCUT2D eigenvalue weighted by Crippen LogP contribution is 2.44. The number of likely N-dealkylation sites (tertiary alicyclic amines) is 1. The van der Waals surface area contributed by atoms with E-state index in [0.717, 1.165) is 29.5 Å². The Labute approximate surface area is 230 Å². The van der Waals surface area contributed by atoms with Gasteiger partial charge in [-0.15, -0.1) is 0 Å². The number of rotatable bonds is 5. The number of nitrogens with zero attached hydrogens (tertiary/aromatic N) is 4. The Bertz CT molecular complexity index is 1460. The first-order chi connectivity index (χ1) is 18.7. The molecule has 1 aromatic heterocycles. The van der Waals surface area contributed by atoms with Crippen LogP contribution in [0.4, 0.5) is 4.39 Å². The number of halogens is 2. The van der Waals surface area contributed by atoms with Crippen molar-refractivity contribution >= 4 is 35.0 Å². The van der Waals surface area contributed by atoms with E-state index in [4.69, 9.17) is 22.0 Å². The Morgan fingerprint density at radius 2 is 1.87 bits per heavy atom. The predicted molar refractivity (Wildman–Crippen MR) is 140 cm³/mol. The van der Waals surface area contributed by atoms with Crippen molar-refractivity contribution in [3.63, 3.8) is 0 Å². The Kier molecular flexibility index (Phi) is 6.34. The predicted octanol–water partition coefficient (Wildman–Crippen LogP) is 4.55. The lowest BCUT2D eigenvalue weighted by atomic mass is 9.81. The van der Waals surface area contributed by atoms with Crippen molar-refractivity contribution < 1.29 is 23.9 Å². The molecule has 4 aliphatic rings. The number of amides is 1. The van der Waals surface area contributed by atoms with Crippen molar-refractivity contribution in [1.82, 2.24) is 14.7 Å². The van der Waals surface area contributed by atoms with Gasteiger partial charge in [0.25, 0.3) is 5.91 Å². The standard InChI is InChI=1S/C29H28ClFN4O4/c30-22-3-1-2-20(16-4-5-16)24(22)27(37)35-23-12-19(26(36)34-14-29(31,13-32)15-34)10-11-21(23)25(33-35)17-6-8-18(9-7-17)28(38)39/h1-3,6,16,18-19H,4-5,7-12,14-15H2,(H,38,39). The summed E-state index contributed by atoms with van der Waals surface area (Å²) < 4.78 is 15.6. The summed E-state index contributed by atoms with van der Waals surface area (Å²) in [6, 6.07) is 7.09. The SMILES string of the molecule is N#CC1(F)CN(C(=O)C2CCc3c(C4=CCC(C(=O)O)CC4)nn(C(=O)c4c(Cl)cccc4C4CC4)c3C2)C1. The van der Waals surface area contributed by atoms with Crippen molar-refractivity contribution in [3.05, 3.63) is 57.4 Å². The van der Waals surface area contributed by atoms with Crippen LogP contribution in [0.1, 0.15) is 77.3 Å². The summed E-state index contributed by atoms with van der Waals surface area (Å²) in [5.74, 6) is -1.99. The molecule has 1 saturated carbocycles. The molecule has 10 heteroatoms. The van der Waals surface area contributed by atoms with Crippen LogP contribution in [0.2, 0.25) is 5.02 Å². The van der Waals surface area contributed by atoms with Gasteiger partial charge < -0.3 is 10.0 Å². The highest BCUT2D eigenvalue weighted by atomic mass is 35.5. The molecular weight excluding hydrogens is 523 g/mol. The smallest absolute Gasteiger partial charge is 0.306 e. The molecule has 1 aromatic carbocycles. The minimum atomic E-state index is -2.00. The van der Waals surface area contributed by atoms with Crippen LogP contribution in [0.15, 0.2) is 24.3 Å². The molecule has 6 rings (SSSR count). The van der Waals surface area contributed by atoms with E-state index in [1.54, 1.807) is 12.1 Å². The zero-order chi connectivity index (χ0) is 27.5. The summed E-state index contributed by atoms with van der Waals surface area (Å²) in [5.41, 5.74) is 2.48. The molecule has 1 aliphatic heterocycles. The summed E-state index contributed by atoms with van der Waals surface area (Å²) in [4.78, 5) is 40.1. The number of carboxylic acid groups (broad SMARTS) is 1.